The normalized spacial score (nSPS) is 11.1. The second kappa shape index (κ2) is 5.86. The zero-order valence-corrected chi connectivity index (χ0v) is 13.2. The molecule has 1 N–H and O–H groups in total. The molecule has 0 unspecified atom stereocenters. The Bertz CT molecular complexity index is 994. The van der Waals surface area contributed by atoms with Crippen molar-refractivity contribution in [3.8, 4) is 22.5 Å². The van der Waals surface area contributed by atoms with Crippen molar-refractivity contribution in [2.75, 3.05) is 0 Å². The van der Waals surface area contributed by atoms with Gasteiger partial charge in [-0.3, -0.25) is 0 Å². The summed E-state index contributed by atoms with van der Waals surface area (Å²) in [6.07, 6.45) is 0. The molecular formula is C19H16N4O. The summed E-state index contributed by atoms with van der Waals surface area (Å²) in [6, 6.07) is 19.7. The van der Waals surface area contributed by atoms with Gasteiger partial charge < -0.3 is 5.11 Å². The zero-order chi connectivity index (χ0) is 16.5. The van der Waals surface area contributed by atoms with Gasteiger partial charge in [0.1, 0.15) is 5.69 Å². The topological polar surface area (TPSA) is 63.3 Å². The predicted molar refractivity (Wildman–Crippen MR) is 92.3 cm³/mol. The van der Waals surface area contributed by atoms with E-state index in [-0.39, 0.29) is 6.61 Å². The van der Waals surface area contributed by atoms with Crippen molar-refractivity contribution in [2.45, 2.75) is 13.5 Å². The van der Waals surface area contributed by atoms with Crippen LogP contribution >= 0.6 is 0 Å². The number of imidazole rings is 1. The van der Waals surface area contributed by atoms with E-state index in [4.69, 9.17) is 5.10 Å². The number of hydrogen-bond acceptors (Lipinski definition) is 4. The summed E-state index contributed by atoms with van der Waals surface area (Å²) in [5, 5.41) is 14.6. The summed E-state index contributed by atoms with van der Waals surface area (Å²) in [7, 11) is 0. The van der Waals surface area contributed by atoms with Gasteiger partial charge in [-0.25, -0.2) is 9.97 Å². The molecule has 0 aliphatic carbocycles. The molecule has 24 heavy (non-hydrogen) atoms. The van der Waals surface area contributed by atoms with Crippen LogP contribution < -0.4 is 0 Å². The SMILES string of the molecule is Cc1nc2nc(-c3ccccc3)c(CO)n2nc1-c1ccccc1. The maximum absolute atomic E-state index is 9.87. The van der Waals surface area contributed by atoms with Crippen LogP contribution in [0.15, 0.2) is 60.7 Å². The second-order valence-electron chi connectivity index (χ2n) is 5.55. The Labute approximate surface area is 139 Å². The highest BCUT2D eigenvalue weighted by Crippen LogP contribution is 2.26. The van der Waals surface area contributed by atoms with Crippen LogP contribution in [-0.2, 0) is 6.61 Å². The lowest BCUT2D eigenvalue weighted by atomic mass is 10.1. The Hall–Kier alpha value is -3.05. The Morgan fingerprint density at radius 3 is 2.00 bits per heavy atom. The number of nitrogens with zero attached hydrogens (tertiary/aromatic N) is 4. The van der Waals surface area contributed by atoms with Crippen LogP contribution in [0.25, 0.3) is 28.3 Å². The van der Waals surface area contributed by atoms with Gasteiger partial charge in [-0.15, -0.1) is 0 Å². The molecule has 4 rings (SSSR count). The molecule has 0 amide bonds. The van der Waals surface area contributed by atoms with Crippen molar-refractivity contribution in [1.29, 1.82) is 0 Å². The van der Waals surface area contributed by atoms with E-state index in [0.29, 0.717) is 17.2 Å². The fourth-order valence-electron chi connectivity index (χ4n) is 2.82. The van der Waals surface area contributed by atoms with Crippen molar-refractivity contribution in [3.63, 3.8) is 0 Å². The lowest BCUT2D eigenvalue weighted by molar-refractivity contribution is 0.274. The van der Waals surface area contributed by atoms with E-state index in [1.54, 1.807) is 4.52 Å². The van der Waals surface area contributed by atoms with Gasteiger partial charge >= 0.3 is 0 Å². The first-order valence-electron chi connectivity index (χ1n) is 7.76. The molecule has 0 bridgehead atoms. The van der Waals surface area contributed by atoms with Gasteiger partial charge in [-0.1, -0.05) is 60.7 Å². The average Bonchev–Trinajstić information content (AvgIpc) is 2.99. The molecule has 2 aromatic heterocycles. The number of rotatable bonds is 3. The minimum absolute atomic E-state index is 0.155. The maximum atomic E-state index is 9.87. The Kier molecular flexibility index (Phi) is 3.55. The molecule has 0 saturated heterocycles. The van der Waals surface area contributed by atoms with Crippen LogP contribution in [0.1, 0.15) is 11.4 Å². The third kappa shape index (κ3) is 2.35. The zero-order valence-electron chi connectivity index (χ0n) is 13.2. The van der Waals surface area contributed by atoms with Crippen LogP contribution in [0.2, 0.25) is 0 Å². The first-order valence-corrected chi connectivity index (χ1v) is 7.76. The number of fused-ring (bicyclic) bond motifs is 1. The molecule has 0 aliphatic heterocycles. The van der Waals surface area contributed by atoms with Crippen molar-refractivity contribution >= 4 is 5.78 Å². The maximum Gasteiger partial charge on any atom is 0.251 e. The van der Waals surface area contributed by atoms with E-state index < -0.39 is 0 Å². The molecule has 0 radical (unpaired) electrons. The number of aromatic nitrogens is 4. The summed E-state index contributed by atoms with van der Waals surface area (Å²) in [4.78, 5) is 9.16. The summed E-state index contributed by atoms with van der Waals surface area (Å²) >= 11 is 0. The molecule has 0 fully saturated rings. The predicted octanol–water partition coefficient (Wildman–Crippen LogP) is 3.26. The van der Waals surface area contributed by atoms with Gasteiger partial charge in [0.2, 0.25) is 0 Å². The fraction of sp³-hybridized carbons (Fsp3) is 0.105. The summed E-state index contributed by atoms with van der Waals surface area (Å²) < 4.78 is 1.64. The average molecular weight is 316 g/mol. The van der Waals surface area contributed by atoms with E-state index in [2.05, 4.69) is 9.97 Å². The highest BCUT2D eigenvalue weighted by atomic mass is 16.3. The Morgan fingerprint density at radius 1 is 0.833 bits per heavy atom. The number of aliphatic hydroxyl groups is 1. The second-order valence-corrected chi connectivity index (χ2v) is 5.55. The molecular weight excluding hydrogens is 300 g/mol. The summed E-state index contributed by atoms with van der Waals surface area (Å²) in [6.45, 7) is 1.77. The van der Waals surface area contributed by atoms with Gasteiger partial charge in [0, 0.05) is 11.1 Å². The molecule has 5 nitrogen and oxygen atoms in total. The molecule has 2 aromatic carbocycles. The van der Waals surface area contributed by atoms with Gasteiger partial charge in [0.15, 0.2) is 0 Å². The Balaban J connectivity index is 1.97. The molecule has 0 aliphatic rings. The van der Waals surface area contributed by atoms with Gasteiger partial charge in [-0.05, 0) is 6.92 Å². The van der Waals surface area contributed by atoms with Crippen LogP contribution in [0.3, 0.4) is 0 Å². The van der Waals surface area contributed by atoms with Crippen molar-refractivity contribution in [3.05, 3.63) is 72.1 Å². The molecule has 0 spiro atoms. The van der Waals surface area contributed by atoms with Gasteiger partial charge in [-0.2, -0.15) is 9.61 Å². The standard InChI is InChI=1S/C19H16N4O/c1-13-17(14-8-4-2-5-9-14)22-23-16(12-24)18(21-19(23)20-13)15-10-6-3-7-11-15/h2-11,24H,12H2,1H3. The molecule has 4 aromatic rings. The smallest absolute Gasteiger partial charge is 0.251 e. The van der Waals surface area contributed by atoms with Crippen LogP contribution in [0, 0.1) is 6.92 Å². The van der Waals surface area contributed by atoms with E-state index in [1.165, 1.54) is 0 Å². The lowest BCUT2D eigenvalue weighted by Crippen LogP contribution is -2.04. The molecule has 2 heterocycles. The van der Waals surface area contributed by atoms with E-state index in [1.807, 2.05) is 67.6 Å². The van der Waals surface area contributed by atoms with Crippen molar-refractivity contribution in [1.82, 2.24) is 19.6 Å². The quantitative estimate of drug-likeness (QED) is 0.630. The lowest BCUT2D eigenvalue weighted by Gasteiger charge is -2.06. The monoisotopic (exact) mass is 316 g/mol. The minimum Gasteiger partial charge on any atom is -0.390 e. The number of benzene rings is 2. The largest absolute Gasteiger partial charge is 0.390 e. The highest BCUT2D eigenvalue weighted by molar-refractivity contribution is 5.67. The van der Waals surface area contributed by atoms with Gasteiger partial charge in [0.05, 0.1) is 23.7 Å². The van der Waals surface area contributed by atoms with E-state index >= 15 is 0 Å². The number of aryl methyl sites for hydroxylation is 1. The van der Waals surface area contributed by atoms with Crippen LogP contribution in [-0.4, -0.2) is 24.7 Å². The van der Waals surface area contributed by atoms with Crippen molar-refractivity contribution in [2.24, 2.45) is 0 Å². The van der Waals surface area contributed by atoms with E-state index in [0.717, 1.165) is 22.5 Å². The van der Waals surface area contributed by atoms with Gasteiger partial charge in [0.25, 0.3) is 5.78 Å². The first-order chi connectivity index (χ1) is 11.8. The highest BCUT2D eigenvalue weighted by Gasteiger charge is 2.17. The molecule has 0 saturated carbocycles. The minimum atomic E-state index is -0.155. The number of aliphatic hydroxyl groups excluding tert-OH is 1. The van der Waals surface area contributed by atoms with Crippen LogP contribution in [0.4, 0.5) is 0 Å². The third-order valence-corrected chi connectivity index (χ3v) is 3.98. The summed E-state index contributed by atoms with van der Waals surface area (Å²) in [5.41, 5.74) is 4.87. The summed E-state index contributed by atoms with van der Waals surface area (Å²) in [5.74, 6) is 0.495. The fourth-order valence-corrected chi connectivity index (χ4v) is 2.82. The number of hydrogen-bond donors (Lipinski definition) is 1. The van der Waals surface area contributed by atoms with E-state index in [9.17, 15) is 5.11 Å². The Morgan fingerprint density at radius 2 is 1.42 bits per heavy atom. The third-order valence-electron chi connectivity index (χ3n) is 3.98. The molecule has 0 atom stereocenters. The van der Waals surface area contributed by atoms with Crippen LogP contribution in [0.5, 0.6) is 0 Å². The molecule has 118 valence electrons. The molecule has 5 heteroatoms. The first kappa shape index (κ1) is 14.5. The van der Waals surface area contributed by atoms with Crippen molar-refractivity contribution < 1.29 is 5.11 Å².